The van der Waals surface area contributed by atoms with E-state index in [1.165, 1.54) is 10.9 Å². The topological polar surface area (TPSA) is 73.6 Å². The van der Waals surface area contributed by atoms with Crippen molar-refractivity contribution in [1.82, 2.24) is 9.78 Å². The lowest BCUT2D eigenvalue weighted by molar-refractivity contribution is 0.0696. The van der Waals surface area contributed by atoms with Crippen LogP contribution in [0.5, 0.6) is 11.5 Å². The summed E-state index contributed by atoms with van der Waals surface area (Å²) in [5.41, 5.74) is 2.25. The van der Waals surface area contributed by atoms with Crippen LogP contribution in [0.3, 0.4) is 0 Å². The molecule has 0 radical (unpaired) electrons. The second-order valence-corrected chi connectivity index (χ2v) is 4.35. The summed E-state index contributed by atoms with van der Waals surface area (Å²) in [5.74, 6) is 0.283. The lowest BCUT2D eigenvalue weighted by Gasteiger charge is -2.14. The Morgan fingerprint density at radius 2 is 1.85 bits per heavy atom. The van der Waals surface area contributed by atoms with E-state index in [2.05, 4.69) is 5.10 Å². The van der Waals surface area contributed by atoms with Crippen molar-refractivity contribution in [2.45, 2.75) is 13.8 Å². The minimum atomic E-state index is -1.01. The number of aromatic carboxylic acids is 1. The molecule has 0 bridgehead atoms. The van der Waals surface area contributed by atoms with Crippen LogP contribution in [0.1, 0.15) is 21.6 Å². The predicted molar refractivity (Wildman–Crippen MR) is 73.1 cm³/mol. The fourth-order valence-electron chi connectivity index (χ4n) is 2.06. The number of aromatic nitrogens is 2. The standard InChI is InChI=1S/C14H16N2O4/c1-8-5-13(20-4)11(6-12(8)19-3)16-9(2)10(7-15-16)14(17)18/h5-7H,1-4H3,(H,17,18). The molecule has 1 aromatic heterocycles. The van der Waals surface area contributed by atoms with Gasteiger partial charge in [0.1, 0.15) is 22.7 Å². The van der Waals surface area contributed by atoms with Crippen LogP contribution in [0.25, 0.3) is 5.69 Å². The van der Waals surface area contributed by atoms with Crippen LogP contribution in [0.4, 0.5) is 0 Å². The van der Waals surface area contributed by atoms with Crippen molar-refractivity contribution < 1.29 is 19.4 Å². The first-order chi connectivity index (χ1) is 9.49. The zero-order valence-electron chi connectivity index (χ0n) is 11.8. The molecule has 20 heavy (non-hydrogen) atoms. The number of carbonyl (C=O) groups is 1. The molecule has 2 aromatic rings. The number of hydrogen-bond donors (Lipinski definition) is 1. The van der Waals surface area contributed by atoms with E-state index in [4.69, 9.17) is 14.6 Å². The summed E-state index contributed by atoms with van der Waals surface area (Å²) in [6.45, 7) is 3.60. The summed E-state index contributed by atoms with van der Waals surface area (Å²) in [6.07, 6.45) is 1.32. The monoisotopic (exact) mass is 276 g/mol. The molecule has 1 heterocycles. The van der Waals surface area contributed by atoms with Crippen molar-refractivity contribution in [2.24, 2.45) is 0 Å². The average Bonchev–Trinajstić information content (AvgIpc) is 2.80. The van der Waals surface area contributed by atoms with E-state index < -0.39 is 5.97 Å². The van der Waals surface area contributed by atoms with Gasteiger partial charge in [0.25, 0.3) is 0 Å². The van der Waals surface area contributed by atoms with Crippen molar-refractivity contribution in [3.63, 3.8) is 0 Å². The van der Waals surface area contributed by atoms with E-state index in [0.717, 1.165) is 5.56 Å². The van der Waals surface area contributed by atoms with Gasteiger partial charge in [0.2, 0.25) is 0 Å². The number of ether oxygens (including phenoxy) is 2. The smallest absolute Gasteiger partial charge is 0.339 e. The highest BCUT2D eigenvalue weighted by Crippen LogP contribution is 2.31. The number of benzene rings is 1. The number of hydrogen-bond acceptors (Lipinski definition) is 4. The highest BCUT2D eigenvalue weighted by atomic mass is 16.5. The summed E-state index contributed by atoms with van der Waals surface area (Å²) in [7, 11) is 3.14. The van der Waals surface area contributed by atoms with Gasteiger partial charge >= 0.3 is 5.97 Å². The molecule has 0 amide bonds. The number of carboxylic acid groups (broad SMARTS) is 1. The van der Waals surface area contributed by atoms with E-state index >= 15 is 0 Å². The second-order valence-electron chi connectivity index (χ2n) is 4.35. The predicted octanol–water partition coefficient (Wildman–Crippen LogP) is 2.20. The molecule has 6 heteroatoms. The number of nitrogens with zero attached hydrogens (tertiary/aromatic N) is 2. The van der Waals surface area contributed by atoms with Gasteiger partial charge in [-0.1, -0.05) is 0 Å². The summed E-state index contributed by atoms with van der Waals surface area (Å²) in [5, 5.41) is 13.2. The van der Waals surface area contributed by atoms with E-state index in [0.29, 0.717) is 22.9 Å². The number of methoxy groups -OCH3 is 2. The molecule has 0 aliphatic carbocycles. The highest BCUT2D eigenvalue weighted by Gasteiger charge is 2.17. The maximum atomic E-state index is 11.1. The van der Waals surface area contributed by atoms with Gasteiger partial charge in [0.15, 0.2) is 0 Å². The van der Waals surface area contributed by atoms with Crippen molar-refractivity contribution >= 4 is 5.97 Å². The molecule has 2 rings (SSSR count). The Balaban J connectivity index is 2.65. The quantitative estimate of drug-likeness (QED) is 0.926. The molecule has 0 saturated heterocycles. The first kappa shape index (κ1) is 13.9. The van der Waals surface area contributed by atoms with Crippen molar-refractivity contribution in [3.05, 3.63) is 35.2 Å². The molecular weight excluding hydrogens is 260 g/mol. The lowest BCUT2D eigenvalue weighted by atomic mass is 10.1. The molecule has 1 N–H and O–H groups in total. The van der Waals surface area contributed by atoms with Crippen LogP contribution in [0, 0.1) is 13.8 Å². The number of carboxylic acids is 1. The summed E-state index contributed by atoms with van der Waals surface area (Å²) >= 11 is 0. The van der Waals surface area contributed by atoms with Crippen LogP contribution >= 0.6 is 0 Å². The van der Waals surface area contributed by atoms with Gasteiger partial charge in [0.05, 0.1) is 26.1 Å². The van der Waals surface area contributed by atoms with Gasteiger partial charge in [0, 0.05) is 6.07 Å². The van der Waals surface area contributed by atoms with Crippen molar-refractivity contribution in [2.75, 3.05) is 14.2 Å². The Bertz CT molecular complexity index is 661. The Morgan fingerprint density at radius 3 is 2.35 bits per heavy atom. The summed E-state index contributed by atoms with van der Waals surface area (Å²) < 4.78 is 12.2. The van der Waals surface area contributed by atoms with Crippen molar-refractivity contribution in [1.29, 1.82) is 0 Å². The Morgan fingerprint density at radius 1 is 1.20 bits per heavy atom. The van der Waals surface area contributed by atoms with Gasteiger partial charge < -0.3 is 14.6 Å². The minimum Gasteiger partial charge on any atom is -0.496 e. The fraction of sp³-hybridized carbons (Fsp3) is 0.286. The Kier molecular flexibility index (Phi) is 3.65. The van der Waals surface area contributed by atoms with Crippen LogP contribution in [0.2, 0.25) is 0 Å². The summed E-state index contributed by atoms with van der Waals surface area (Å²) in [4.78, 5) is 11.1. The number of rotatable bonds is 4. The number of aryl methyl sites for hydroxylation is 1. The molecular formula is C14H16N2O4. The van der Waals surface area contributed by atoms with E-state index in [-0.39, 0.29) is 5.56 Å². The SMILES string of the molecule is COc1cc(-n2ncc(C(=O)O)c2C)c(OC)cc1C. The molecule has 0 saturated carbocycles. The third-order valence-corrected chi connectivity index (χ3v) is 3.16. The molecule has 0 aliphatic heterocycles. The highest BCUT2D eigenvalue weighted by molar-refractivity contribution is 5.88. The van der Waals surface area contributed by atoms with E-state index in [1.54, 1.807) is 27.2 Å². The van der Waals surface area contributed by atoms with E-state index in [9.17, 15) is 4.79 Å². The Hall–Kier alpha value is -2.50. The average molecular weight is 276 g/mol. The molecule has 1 aromatic carbocycles. The third kappa shape index (κ3) is 2.20. The molecule has 0 spiro atoms. The summed E-state index contributed by atoms with van der Waals surface area (Å²) in [6, 6.07) is 3.61. The maximum Gasteiger partial charge on any atom is 0.339 e. The maximum absolute atomic E-state index is 11.1. The van der Waals surface area contributed by atoms with Crippen LogP contribution in [-0.2, 0) is 0 Å². The fourth-order valence-corrected chi connectivity index (χ4v) is 2.06. The minimum absolute atomic E-state index is 0.159. The molecule has 106 valence electrons. The van der Waals surface area contributed by atoms with Crippen molar-refractivity contribution in [3.8, 4) is 17.2 Å². The van der Waals surface area contributed by atoms with Gasteiger partial charge in [-0.2, -0.15) is 5.10 Å². The normalized spacial score (nSPS) is 10.4. The zero-order valence-corrected chi connectivity index (χ0v) is 11.8. The molecule has 0 atom stereocenters. The second kappa shape index (κ2) is 5.24. The third-order valence-electron chi connectivity index (χ3n) is 3.16. The van der Waals surface area contributed by atoms with Gasteiger partial charge in [-0.3, -0.25) is 0 Å². The zero-order chi connectivity index (χ0) is 14.9. The first-order valence-corrected chi connectivity index (χ1v) is 6.00. The molecule has 0 aliphatic rings. The van der Waals surface area contributed by atoms with E-state index in [1.807, 2.05) is 13.0 Å². The molecule has 0 unspecified atom stereocenters. The van der Waals surface area contributed by atoms with Crippen LogP contribution in [-0.4, -0.2) is 35.1 Å². The van der Waals surface area contributed by atoms with Crippen LogP contribution < -0.4 is 9.47 Å². The molecule has 0 fully saturated rings. The first-order valence-electron chi connectivity index (χ1n) is 6.00. The lowest BCUT2D eigenvalue weighted by Crippen LogP contribution is -2.05. The van der Waals surface area contributed by atoms with Gasteiger partial charge in [-0.15, -0.1) is 0 Å². The molecule has 6 nitrogen and oxygen atoms in total. The van der Waals surface area contributed by atoms with Crippen LogP contribution in [0.15, 0.2) is 18.3 Å². The Labute approximate surface area is 116 Å². The van der Waals surface area contributed by atoms with Gasteiger partial charge in [-0.25, -0.2) is 9.48 Å². The van der Waals surface area contributed by atoms with Gasteiger partial charge in [-0.05, 0) is 25.5 Å². The largest absolute Gasteiger partial charge is 0.496 e.